The third-order valence-corrected chi connectivity index (χ3v) is 3.86. The predicted molar refractivity (Wildman–Crippen MR) is 87.0 cm³/mol. The molecule has 20 heavy (non-hydrogen) atoms. The van der Waals surface area contributed by atoms with Crippen molar-refractivity contribution in [1.29, 1.82) is 0 Å². The molecule has 0 bridgehead atoms. The van der Waals surface area contributed by atoms with Crippen LogP contribution in [0, 0.1) is 0 Å². The molecule has 0 aromatic heterocycles. The highest BCUT2D eigenvalue weighted by atomic mass is 79.9. The number of rotatable bonds is 4. The molecule has 6 heteroatoms. The van der Waals surface area contributed by atoms with E-state index in [1.165, 1.54) is 6.21 Å². The maximum atomic E-state index is 8.52. The Hall–Kier alpha value is -1.04. The standard InChI is InChI=1S/C14H10Br2ClNO2/c15-11-3-1-2-9(4-11)8-20-14-12(16)5-10(7-18-19)6-13(14)17/h1-7,19H,8H2/b18-7-. The summed E-state index contributed by atoms with van der Waals surface area (Å²) in [6.07, 6.45) is 1.30. The van der Waals surface area contributed by atoms with Crippen LogP contribution in [-0.2, 0) is 6.61 Å². The van der Waals surface area contributed by atoms with Gasteiger partial charge in [0.25, 0.3) is 0 Å². The fourth-order valence-electron chi connectivity index (χ4n) is 1.64. The molecule has 0 amide bonds. The Morgan fingerprint density at radius 3 is 2.70 bits per heavy atom. The third kappa shape index (κ3) is 3.98. The van der Waals surface area contributed by atoms with Crippen molar-refractivity contribution in [3.8, 4) is 5.75 Å². The molecule has 0 atom stereocenters. The largest absolute Gasteiger partial charge is 0.486 e. The average molecular weight is 420 g/mol. The molecule has 0 radical (unpaired) electrons. The van der Waals surface area contributed by atoms with Crippen LogP contribution in [0.1, 0.15) is 11.1 Å². The van der Waals surface area contributed by atoms with Crippen LogP contribution >= 0.6 is 43.5 Å². The Kier molecular flexibility index (Phi) is 5.46. The lowest BCUT2D eigenvalue weighted by atomic mass is 10.2. The van der Waals surface area contributed by atoms with E-state index < -0.39 is 0 Å². The molecule has 2 aromatic carbocycles. The molecule has 2 aromatic rings. The number of benzene rings is 2. The number of hydrogen-bond acceptors (Lipinski definition) is 3. The van der Waals surface area contributed by atoms with Crippen molar-refractivity contribution >= 4 is 49.7 Å². The minimum Gasteiger partial charge on any atom is -0.486 e. The molecule has 0 aliphatic carbocycles. The molecular weight excluding hydrogens is 409 g/mol. The van der Waals surface area contributed by atoms with Gasteiger partial charge in [0, 0.05) is 4.47 Å². The molecule has 0 saturated heterocycles. The van der Waals surface area contributed by atoms with Crippen LogP contribution in [-0.4, -0.2) is 11.4 Å². The summed E-state index contributed by atoms with van der Waals surface area (Å²) in [6.45, 7) is 0.408. The van der Waals surface area contributed by atoms with Crippen LogP contribution < -0.4 is 4.74 Å². The van der Waals surface area contributed by atoms with E-state index >= 15 is 0 Å². The zero-order valence-electron chi connectivity index (χ0n) is 10.2. The van der Waals surface area contributed by atoms with Gasteiger partial charge in [0.2, 0.25) is 0 Å². The summed E-state index contributed by atoms with van der Waals surface area (Å²) in [7, 11) is 0. The maximum Gasteiger partial charge on any atom is 0.152 e. The fraction of sp³-hybridized carbons (Fsp3) is 0.0714. The SMILES string of the molecule is O/N=C\c1cc(Cl)c(OCc2cccc(Br)c2)c(Br)c1. The van der Waals surface area contributed by atoms with E-state index in [4.69, 9.17) is 21.5 Å². The van der Waals surface area contributed by atoms with Gasteiger partial charge in [-0.25, -0.2) is 0 Å². The fourth-order valence-corrected chi connectivity index (χ4v) is 3.08. The van der Waals surface area contributed by atoms with E-state index in [1.807, 2.05) is 24.3 Å². The van der Waals surface area contributed by atoms with Crippen molar-refractivity contribution in [2.75, 3.05) is 0 Å². The summed E-state index contributed by atoms with van der Waals surface area (Å²) in [5, 5.41) is 11.9. The van der Waals surface area contributed by atoms with Crippen molar-refractivity contribution in [2.24, 2.45) is 5.16 Å². The van der Waals surface area contributed by atoms with Gasteiger partial charge in [0.1, 0.15) is 6.61 Å². The highest BCUT2D eigenvalue weighted by molar-refractivity contribution is 9.10. The minimum atomic E-state index is 0.408. The van der Waals surface area contributed by atoms with E-state index in [1.54, 1.807) is 12.1 Å². The molecule has 104 valence electrons. The normalized spacial score (nSPS) is 10.9. The van der Waals surface area contributed by atoms with Gasteiger partial charge in [-0.2, -0.15) is 0 Å². The zero-order chi connectivity index (χ0) is 14.5. The van der Waals surface area contributed by atoms with Crippen LogP contribution in [0.4, 0.5) is 0 Å². The second-order valence-corrected chi connectivity index (χ2v) is 6.15. The smallest absolute Gasteiger partial charge is 0.152 e. The Balaban J connectivity index is 2.17. The van der Waals surface area contributed by atoms with Gasteiger partial charge in [0.15, 0.2) is 5.75 Å². The average Bonchev–Trinajstić information content (AvgIpc) is 2.38. The summed E-state index contributed by atoms with van der Waals surface area (Å²) in [4.78, 5) is 0. The highest BCUT2D eigenvalue weighted by Gasteiger charge is 2.09. The minimum absolute atomic E-state index is 0.408. The summed E-state index contributed by atoms with van der Waals surface area (Å²) in [6, 6.07) is 11.3. The van der Waals surface area contributed by atoms with Crippen LogP contribution in [0.25, 0.3) is 0 Å². The van der Waals surface area contributed by atoms with E-state index in [0.29, 0.717) is 27.4 Å². The van der Waals surface area contributed by atoms with Crippen molar-refractivity contribution in [1.82, 2.24) is 0 Å². The monoisotopic (exact) mass is 417 g/mol. The summed E-state index contributed by atoms with van der Waals surface area (Å²) >= 11 is 13.0. The zero-order valence-corrected chi connectivity index (χ0v) is 14.1. The van der Waals surface area contributed by atoms with Gasteiger partial charge in [-0.15, -0.1) is 0 Å². The second-order valence-electron chi connectivity index (χ2n) is 3.98. The van der Waals surface area contributed by atoms with Crippen LogP contribution in [0.15, 0.2) is 50.5 Å². The molecule has 0 aliphatic rings. The molecule has 3 nitrogen and oxygen atoms in total. The van der Waals surface area contributed by atoms with Gasteiger partial charge in [-0.3, -0.25) is 0 Å². The van der Waals surface area contributed by atoms with Crippen molar-refractivity contribution in [2.45, 2.75) is 6.61 Å². The molecule has 2 rings (SSSR count). The van der Waals surface area contributed by atoms with Gasteiger partial charge in [-0.05, 0) is 51.3 Å². The van der Waals surface area contributed by atoms with Crippen molar-refractivity contribution < 1.29 is 9.94 Å². The van der Waals surface area contributed by atoms with Gasteiger partial charge >= 0.3 is 0 Å². The van der Waals surface area contributed by atoms with Crippen LogP contribution in [0.5, 0.6) is 5.75 Å². The number of oxime groups is 1. The van der Waals surface area contributed by atoms with E-state index in [2.05, 4.69) is 37.0 Å². The van der Waals surface area contributed by atoms with Crippen LogP contribution in [0.2, 0.25) is 5.02 Å². The lowest BCUT2D eigenvalue weighted by Crippen LogP contribution is -1.97. The third-order valence-electron chi connectivity index (χ3n) is 2.50. The first-order chi connectivity index (χ1) is 9.60. The lowest BCUT2D eigenvalue weighted by Gasteiger charge is -2.11. The summed E-state index contributed by atoms with van der Waals surface area (Å²) in [5.74, 6) is 0.557. The summed E-state index contributed by atoms with van der Waals surface area (Å²) < 4.78 is 7.44. The first-order valence-corrected chi connectivity index (χ1v) is 7.60. The Morgan fingerprint density at radius 2 is 2.05 bits per heavy atom. The first kappa shape index (κ1) is 15.4. The van der Waals surface area contributed by atoms with E-state index in [0.717, 1.165) is 10.0 Å². The maximum absolute atomic E-state index is 8.52. The Bertz CT molecular complexity index is 624. The Morgan fingerprint density at radius 1 is 1.25 bits per heavy atom. The van der Waals surface area contributed by atoms with Crippen LogP contribution in [0.3, 0.4) is 0 Å². The van der Waals surface area contributed by atoms with E-state index in [-0.39, 0.29) is 0 Å². The van der Waals surface area contributed by atoms with Gasteiger partial charge in [0.05, 0.1) is 15.7 Å². The number of hydrogen-bond donors (Lipinski definition) is 1. The summed E-state index contributed by atoms with van der Waals surface area (Å²) in [5.41, 5.74) is 1.71. The molecule has 0 aliphatic heterocycles. The second kappa shape index (κ2) is 7.11. The Labute approximate surface area is 138 Å². The molecular formula is C14H10Br2ClNO2. The van der Waals surface area contributed by atoms with E-state index in [9.17, 15) is 0 Å². The molecule has 0 unspecified atom stereocenters. The molecule has 0 heterocycles. The highest BCUT2D eigenvalue weighted by Crippen LogP contribution is 2.34. The van der Waals surface area contributed by atoms with Gasteiger partial charge in [-0.1, -0.05) is 44.8 Å². The van der Waals surface area contributed by atoms with Crippen molar-refractivity contribution in [3.05, 3.63) is 61.5 Å². The predicted octanol–water partition coefficient (Wildman–Crippen LogP) is 5.25. The molecule has 0 spiro atoms. The lowest BCUT2D eigenvalue weighted by molar-refractivity contribution is 0.304. The number of halogens is 3. The number of ether oxygens (including phenoxy) is 1. The number of nitrogens with zero attached hydrogens (tertiary/aromatic N) is 1. The van der Waals surface area contributed by atoms with Gasteiger partial charge < -0.3 is 9.94 Å². The molecule has 0 saturated carbocycles. The van der Waals surface area contributed by atoms with Crippen molar-refractivity contribution in [3.63, 3.8) is 0 Å². The quantitative estimate of drug-likeness (QED) is 0.418. The molecule has 0 fully saturated rings. The molecule has 1 N–H and O–H groups in total. The first-order valence-electron chi connectivity index (χ1n) is 5.64. The topological polar surface area (TPSA) is 41.8 Å².